The van der Waals surface area contributed by atoms with E-state index in [4.69, 9.17) is 4.43 Å². The summed E-state index contributed by atoms with van der Waals surface area (Å²) in [6.45, 7) is 5.18. The molecule has 1 unspecified atom stereocenters. The summed E-state index contributed by atoms with van der Waals surface area (Å²) in [6.07, 6.45) is 1.40. The predicted octanol–water partition coefficient (Wildman–Crippen LogP) is 3.73. The molecule has 0 N–H and O–H groups in total. The Hall–Kier alpha value is -0.953. The van der Waals surface area contributed by atoms with Crippen molar-refractivity contribution in [2.45, 2.75) is 51.6 Å². The Morgan fingerprint density at radius 3 is 1.62 bits per heavy atom. The van der Waals surface area contributed by atoms with Crippen LogP contribution in [0.4, 0.5) is 22.0 Å². The quantitative estimate of drug-likeness (QED) is 0.335. The molecule has 0 heterocycles. The second-order valence-corrected chi connectivity index (χ2v) is 5.59. The van der Waals surface area contributed by atoms with Gasteiger partial charge in [0.25, 0.3) is 0 Å². The van der Waals surface area contributed by atoms with Gasteiger partial charge in [0, 0.05) is 5.56 Å². The minimum atomic E-state index is -2.13. The van der Waals surface area contributed by atoms with Crippen molar-refractivity contribution in [3.05, 3.63) is 34.6 Å². The highest BCUT2D eigenvalue weighted by Gasteiger charge is 2.33. The van der Waals surface area contributed by atoms with E-state index in [1.807, 2.05) is 13.8 Å². The van der Waals surface area contributed by atoms with Crippen molar-refractivity contribution in [2.24, 2.45) is 0 Å². The first-order valence-electron chi connectivity index (χ1n) is 6.81. The Balaban J connectivity index is 3.28. The van der Waals surface area contributed by atoms with Crippen molar-refractivity contribution in [1.29, 1.82) is 0 Å². The van der Waals surface area contributed by atoms with Gasteiger partial charge >= 0.3 is 0 Å². The van der Waals surface area contributed by atoms with Gasteiger partial charge in [0.05, 0.1) is 5.60 Å². The molecule has 0 aliphatic heterocycles. The van der Waals surface area contributed by atoms with Crippen LogP contribution >= 0.6 is 0 Å². The first-order valence-corrected chi connectivity index (χ1v) is 7.62. The molecule has 0 spiro atoms. The monoisotopic (exact) mass is 326 g/mol. The Morgan fingerprint density at radius 2 is 1.29 bits per heavy atom. The fourth-order valence-electron chi connectivity index (χ4n) is 2.63. The van der Waals surface area contributed by atoms with Crippen molar-refractivity contribution in [3.8, 4) is 0 Å². The summed E-state index contributed by atoms with van der Waals surface area (Å²) in [5.74, 6) is -10.3. The fourth-order valence-corrected chi connectivity index (χ4v) is 3.37. The van der Waals surface area contributed by atoms with E-state index in [2.05, 4.69) is 0 Å². The molecule has 1 atom stereocenters. The van der Waals surface area contributed by atoms with Gasteiger partial charge in [0.2, 0.25) is 5.82 Å². The average molecular weight is 326 g/mol. The molecular formula is C14H19F5OSi. The molecule has 0 aromatic heterocycles. The molecule has 0 bridgehead atoms. The normalized spacial score (nSPS) is 13.7. The van der Waals surface area contributed by atoms with Gasteiger partial charge in [0.1, 0.15) is 10.5 Å². The van der Waals surface area contributed by atoms with Crippen LogP contribution in [0.5, 0.6) is 0 Å². The highest BCUT2D eigenvalue weighted by atomic mass is 28.2. The summed E-state index contributed by atoms with van der Waals surface area (Å²) in [7, 11) is 0.429. The van der Waals surface area contributed by atoms with Crippen molar-refractivity contribution in [3.63, 3.8) is 0 Å². The van der Waals surface area contributed by atoms with Crippen molar-refractivity contribution in [2.75, 3.05) is 0 Å². The molecule has 0 saturated carbocycles. The molecule has 1 aromatic carbocycles. The molecule has 0 aliphatic rings. The Bertz CT molecular complexity index is 479. The summed E-state index contributed by atoms with van der Waals surface area (Å²) >= 11 is 0. The minimum absolute atomic E-state index is 0.196. The van der Waals surface area contributed by atoms with Crippen molar-refractivity contribution in [1.82, 2.24) is 0 Å². The molecule has 0 saturated heterocycles. The van der Waals surface area contributed by atoms with Crippen LogP contribution in [0, 0.1) is 29.1 Å². The van der Waals surface area contributed by atoms with E-state index in [1.165, 1.54) is 6.92 Å². The second-order valence-electron chi connectivity index (χ2n) is 5.18. The molecule has 7 heteroatoms. The molecule has 1 nitrogen and oxygen atoms in total. The lowest BCUT2D eigenvalue weighted by molar-refractivity contribution is 0.0541. The second kappa shape index (κ2) is 6.87. The van der Waals surface area contributed by atoms with E-state index < -0.39 is 46.2 Å². The Kier molecular flexibility index (Phi) is 5.92. The molecule has 1 rings (SSSR count). The Morgan fingerprint density at radius 1 is 0.905 bits per heavy atom. The maximum Gasteiger partial charge on any atom is 0.200 e. The van der Waals surface area contributed by atoms with Crippen LogP contribution in [0.15, 0.2) is 0 Å². The van der Waals surface area contributed by atoms with E-state index in [0.29, 0.717) is 23.3 Å². The van der Waals surface area contributed by atoms with E-state index in [9.17, 15) is 22.0 Å². The Labute approximate surface area is 124 Å². The van der Waals surface area contributed by atoms with Crippen LogP contribution in [0.3, 0.4) is 0 Å². The highest BCUT2D eigenvalue weighted by molar-refractivity contribution is 5.98. The van der Waals surface area contributed by atoms with Gasteiger partial charge in [-0.1, -0.05) is 20.8 Å². The maximum absolute atomic E-state index is 13.8. The van der Waals surface area contributed by atoms with Gasteiger partial charge in [-0.25, -0.2) is 22.0 Å². The third-order valence-corrected chi connectivity index (χ3v) is 5.00. The molecule has 120 valence electrons. The van der Waals surface area contributed by atoms with Gasteiger partial charge in [0.15, 0.2) is 23.3 Å². The first-order chi connectivity index (χ1) is 9.74. The van der Waals surface area contributed by atoms with E-state index in [-0.39, 0.29) is 6.42 Å². The smallest absolute Gasteiger partial charge is 0.200 e. The average Bonchev–Trinajstić information content (AvgIpc) is 2.49. The van der Waals surface area contributed by atoms with Crippen molar-refractivity contribution >= 4 is 10.5 Å². The van der Waals surface area contributed by atoms with Crippen molar-refractivity contribution < 1.29 is 26.4 Å². The zero-order chi connectivity index (χ0) is 16.4. The summed E-state index contributed by atoms with van der Waals surface area (Å²) in [5, 5.41) is 0. The van der Waals surface area contributed by atoms with Gasteiger partial charge < -0.3 is 4.43 Å². The summed E-state index contributed by atoms with van der Waals surface area (Å²) in [4.78, 5) is 0. The zero-order valence-corrected chi connectivity index (χ0v) is 14.5. The topological polar surface area (TPSA) is 9.23 Å². The third kappa shape index (κ3) is 3.29. The van der Waals surface area contributed by atoms with E-state index in [1.54, 1.807) is 0 Å². The lowest BCUT2D eigenvalue weighted by Gasteiger charge is -2.34. The number of hydrogen-bond donors (Lipinski definition) is 0. The third-order valence-electron chi connectivity index (χ3n) is 4.14. The zero-order valence-electron chi connectivity index (χ0n) is 12.5. The molecule has 1 aromatic rings. The summed E-state index contributed by atoms with van der Waals surface area (Å²) < 4.78 is 72.7. The van der Waals surface area contributed by atoms with Crippen LogP contribution in [-0.4, -0.2) is 16.1 Å². The predicted molar refractivity (Wildman–Crippen MR) is 73.6 cm³/mol. The summed E-state index contributed by atoms with van der Waals surface area (Å²) in [6, 6.07) is 0. The van der Waals surface area contributed by atoms with Gasteiger partial charge in [-0.05, 0) is 25.2 Å². The number of rotatable bonds is 6. The lowest BCUT2D eigenvalue weighted by atomic mass is 9.83. The molecule has 0 radical (unpaired) electrons. The summed E-state index contributed by atoms with van der Waals surface area (Å²) in [5.41, 5.74) is -1.36. The van der Waals surface area contributed by atoms with Crippen LogP contribution < -0.4 is 0 Å². The number of benzene rings is 1. The molecule has 21 heavy (non-hydrogen) atoms. The number of halogens is 5. The van der Waals surface area contributed by atoms with Gasteiger partial charge in [-0.15, -0.1) is 0 Å². The van der Waals surface area contributed by atoms with Gasteiger partial charge in [-0.2, -0.15) is 0 Å². The number of hydrogen-bond acceptors (Lipinski definition) is 1. The molecule has 0 aliphatic carbocycles. The molecular weight excluding hydrogens is 307 g/mol. The maximum atomic E-state index is 13.8. The van der Waals surface area contributed by atoms with Gasteiger partial charge in [-0.3, -0.25) is 0 Å². The molecule has 0 amide bonds. The largest absolute Gasteiger partial charge is 0.422 e. The SMILES string of the molecule is CCC(CC)(CC(C)c1c(F)c(F)c(F)c(F)c1F)O[SiH3]. The fraction of sp³-hybridized carbons (Fsp3) is 0.571. The lowest BCUT2D eigenvalue weighted by Crippen LogP contribution is -2.32. The molecule has 0 fully saturated rings. The van der Waals surface area contributed by atoms with Crippen LogP contribution in [-0.2, 0) is 4.43 Å². The highest BCUT2D eigenvalue weighted by Crippen LogP contribution is 2.36. The first kappa shape index (κ1) is 18.1. The minimum Gasteiger partial charge on any atom is -0.422 e. The van der Waals surface area contributed by atoms with Crippen LogP contribution in [0.25, 0.3) is 0 Å². The van der Waals surface area contributed by atoms with Crippen LogP contribution in [0.2, 0.25) is 0 Å². The standard InChI is InChI=1S/C14H19F5OSi/c1-4-14(5-2,20-21)6-7(3)8-9(15)11(17)13(19)12(18)10(8)16/h7H,4-6H2,1-3,21H3. The van der Waals surface area contributed by atoms with Crippen LogP contribution in [0.1, 0.15) is 51.5 Å². The van der Waals surface area contributed by atoms with E-state index in [0.717, 1.165) is 0 Å². The van der Waals surface area contributed by atoms with E-state index >= 15 is 0 Å².